The van der Waals surface area contributed by atoms with Crippen LogP contribution in [-0.2, 0) is 19.6 Å². The van der Waals surface area contributed by atoms with Gasteiger partial charge in [-0.2, -0.15) is 0 Å². The van der Waals surface area contributed by atoms with E-state index in [1.807, 2.05) is 0 Å². The number of carbonyl (C=O) groups is 1. The molecule has 2 saturated heterocycles. The summed E-state index contributed by atoms with van der Waals surface area (Å²) >= 11 is 0. The molecule has 6 nitrogen and oxygen atoms in total. The van der Waals surface area contributed by atoms with Crippen molar-refractivity contribution in [3.63, 3.8) is 0 Å². The first kappa shape index (κ1) is 16.2. The summed E-state index contributed by atoms with van der Waals surface area (Å²) in [4.78, 5) is 13.6. The maximum Gasteiger partial charge on any atom is 0.237 e. The summed E-state index contributed by atoms with van der Waals surface area (Å²) in [6, 6.07) is 0. The zero-order valence-electron chi connectivity index (χ0n) is 13.0. The molecule has 0 aromatic rings. The number of likely N-dealkylation sites (tertiary alicyclic amines) is 1. The summed E-state index contributed by atoms with van der Waals surface area (Å²) in [6.45, 7) is 1.37. The van der Waals surface area contributed by atoms with E-state index in [4.69, 9.17) is 4.74 Å². The van der Waals surface area contributed by atoms with Crippen LogP contribution in [0.5, 0.6) is 0 Å². The molecule has 7 heteroatoms. The summed E-state index contributed by atoms with van der Waals surface area (Å²) in [5, 5.41) is 0. The molecule has 1 N–H and O–H groups in total. The highest BCUT2D eigenvalue weighted by atomic mass is 32.2. The smallest absolute Gasteiger partial charge is 0.237 e. The Hall–Kier alpha value is -0.660. The first-order chi connectivity index (χ1) is 10.5. The normalized spacial score (nSPS) is 29.7. The maximum atomic E-state index is 12.1. The van der Waals surface area contributed by atoms with Crippen molar-refractivity contribution in [1.29, 1.82) is 0 Å². The highest BCUT2D eigenvalue weighted by Gasteiger charge is 2.36. The average molecular weight is 330 g/mol. The SMILES string of the molecule is O=C(CNS(=O)(=O)CC1CCCC(C2CC2)O1)N1CCCC1. The molecule has 3 rings (SSSR count). The highest BCUT2D eigenvalue weighted by Crippen LogP contribution is 2.39. The van der Waals surface area contributed by atoms with Gasteiger partial charge in [0.1, 0.15) is 0 Å². The minimum atomic E-state index is -3.46. The van der Waals surface area contributed by atoms with E-state index in [1.165, 1.54) is 12.8 Å². The molecule has 1 saturated carbocycles. The fourth-order valence-electron chi connectivity index (χ4n) is 3.42. The van der Waals surface area contributed by atoms with Crippen molar-refractivity contribution in [3.8, 4) is 0 Å². The number of hydrogen-bond donors (Lipinski definition) is 1. The molecule has 1 aliphatic carbocycles. The Kier molecular flexibility index (Phi) is 5.04. The predicted octanol–water partition coefficient (Wildman–Crippen LogP) is 0.876. The number of ether oxygens (including phenoxy) is 1. The van der Waals surface area contributed by atoms with Gasteiger partial charge < -0.3 is 9.64 Å². The Bertz CT molecular complexity index is 498. The first-order valence-corrected chi connectivity index (χ1v) is 10.1. The summed E-state index contributed by atoms with van der Waals surface area (Å²) in [5.41, 5.74) is 0. The number of nitrogens with one attached hydrogen (secondary N) is 1. The molecule has 0 aromatic heterocycles. The fraction of sp³-hybridized carbons (Fsp3) is 0.933. The first-order valence-electron chi connectivity index (χ1n) is 8.44. The number of carbonyl (C=O) groups excluding carboxylic acids is 1. The number of amides is 1. The number of rotatable bonds is 6. The van der Waals surface area contributed by atoms with Gasteiger partial charge in [0.2, 0.25) is 15.9 Å². The standard InChI is InChI=1S/C15H26N2O4S/c18-15(17-8-1-2-9-17)10-16-22(19,20)11-13-4-3-5-14(21-13)12-6-7-12/h12-14,16H,1-11H2. The van der Waals surface area contributed by atoms with Crippen LogP contribution in [0.15, 0.2) is 0 Å². The third-order valence-corrected chi connectivity index (χ3v) is 6.23. The summed E-state index contributed by atoms with van der Waals surface area (Å²) in [7, 11) is -3.46. The van der Waals surface area contributed by atoms with Crippen molar-refractivity contribution in [2.24, 2.45) is 5.92 Å². The molecule has 0 spiro atoms. The Morgan fingerprint density at radius 1 is 1.09 bits per heavy atom. The van der Waals surface area contributed by atoms with Crippen LogP contribution >= 0.6 is 0 Å². The van der Waals surface area contributed by atoms with Gasteiger partial charge in [-0.3, -0.25) is 4.79 Å². The van der Waals surface area contributed by atoms with Gasteiger partial charge in [0.05, 0.1) is 24.5 Å². The Balaban J connectivity index is 1.44. The second-order valence-corrected chi connectivity index (χ2v) is 8.61. The third-order valence-electron chi connectivity index (χ3n) is 4.84. The van der Waals surface area contributed by atoms with Gasteiger partial charge in [-0.25, -0.2) is 13.1 Å². The number of nitrogens with zero attached hydrogens (tertiary/aromatic N) is 1. The molecule has 1 amide bonds. The summed E-state index contributed by atoms with van der Waals surface area (Å²) in [5.74, 6) is 0.500. The van der Waals surface area contributed by atoms with Gasteiger partial charge >= 0.3 is 0 Å². The second kappa shape index (κ2) is 6.84. The van der Waals surface area contributed by atoms with Gasteiger partial charge in [-0.15, -0.1) is 0 Å². The molecule has 3 fully saturated rings. The molecule has 22 heavy (non-hydrogen) atoms. The lowest BCUT2D eigenvalue weighted by atomic mass is 10.0. The van der Waals surface area contributed by atoms with Gasteiger partial charge in [0.25, 0.3) is 0 Å². The molecule has 0 bridgehead atoms. The Morgan fingerprint density at radius 3 is 2.50 bits per heavy atom. The topological polar surface area (TPSA) is 75.7 Å². The van der Waals surface area contributed by atoms with Crippen LogP contribution in [0.2, 0.25) is 0 Å². The van der Waals surface area contributed by atoms with E-state index in [-0.39, 0.29) is 30.4 Å². The van der Waals surface area contributed by atoms with Crippen molar-refractivity contribution in [2.75, 3.05) is 25.4 Å². The van der Waals surface area contributed by atoms with E-state index in [0.717, 1.165) is 45.2 Å². The number of sulfonamides is 1. The molecule has 2 atom stereocenters. The van der Waals surface area contributed by atoms with Crippen molar-refractivity contribution in [2.45, 2.75) is 57.2 Å². The van der Waals surface area contributed by atoms with E-state index in [0.29, 0.717) is 5.92 Å². The second-order valence-electron chi connectivity index (χ2n) is 6.76. The van der Waals surface area contributed by atoms with Gasteiger partial charge in [-0.1, -0.05) is 0 Å². The fourth-order valence-corrected chi connectivity index (χ4v) is 4.62. The lowest BCUT2D eigenvalue weighted by molar-refractivity contribution is -0.128. The molecule has 126 valence electrons. The molecule has 2 aliphatic heterocycles. The van der Waals surface area contributed by atoms with E-state index in [1.54, 1.807) is 4.90 Å². The van der Waals surface area contributed by atoms with Gasteiger partial charge in [0.15, 0.2) is 0 Å². The maximum absolute atomic E-state index is 12.1. The van der Waals surface area contributed by atoms with Crippen molar-refractivity contribution < 1.29 is 17.9 Å². The van der Waals surface area contributed by atoms with Crippen LogP contribution < -0.4 is 4.72 Å². The van der Waals surface area contributed by atoms with Crippen LogP contribution in [0.3, 0.4) is 0 Å². The molecule has 2 unspecified atom stereocenters. The Morgan fingerprint density at radius 2 is 1.82 bits per heavy atom. The van der Waals surface area contributed by atoms with E-state index in [2.05, 4.69) is 4.72 Å². The minimum absolute atomic E-state index is 0.0243. The highest BCUT2D eigenvalue weighted by molar-refractivity contribution is 7.89. The average Bonchev–Trinajstić information content (AvgIpc) is 3.20. The van der Waals surface area contributed by atoms with Crippen LogP contribution in [0, 0.1) is 5.92 Å². The molecule has 0 aromatic carbocycles. The molecular formula is C15H26N2O4S. The zero-order valence-corrected chi connectivity index (χ0v) is 13.8. The van der Waals surface area contributed by atoms with E-state index in [9.17, 15) is 13.2 Å². The predicted molar refractivity (Wildman–Crippen MR) is 82.8 cm³/mol. The lowest BCUT2D eigenvalue weighted by Gasteiger charge is -2.30. The van der Waals surface area contributed by atoms with Crippen LogP contribution in [-0.4, -0.2) is 56.8 Å². The van der Waals surface area contributed by atoms with Crippen molar-refractivity contribution >= 4 is 15.9 Å². The van der Waals surface area contributed by atoms with E-state index < -0.39 is 10.0 Å². The molecule has 3 aliphatic rings. The zero-order chi connectivity index (χ0) is 15.6. The molecule has 0 radical (unpaired) electrons. The van der Waals surface area contributed by atoms with Gasteiger partial charge in [-0.05, 0) is 50.9 Å². The van der Waals surface area contributed by atoms with Crippen LogP contribution in [0.25, 0.3) is 0 Å². The number of hydrogen-bond acceptors (Lipinski definition) is 4. The lowest BCUT2D eigenvalue weighted by Crippen LogP contribution is -2.42. The summed E-state index contributed by atoms with van der Waals surface area (Å²) < 4.78 is 32.7. The minimum Gasteiger partial charge on any atom is -0.374 e. The van der Waals surface area contributed by atoms with Crippen LogP contribution in [0.1, 0.15) is 44.9 Å². The third kappa shape index (κ3) is 4.43. The monoisotopic (exact) mass is 330 g/mol. The van der Waals surface area contributed by atoms with E-state index >= 15 is 0 Å². The van der Waals surface area contributed by atoms with Crippen LogP contribution in [0.4, 0.5) is 0 Å². The van der Waals surface area contributed by atoms with Gasteiger partial charge in [0, 0.05) is 13.1 Å². The summed E-state index contributed by atoms with van der Waals surface area (Å²) in [6.07, 6.45) is 7.37. The molecule has 2 heterocycles. The molecular weight excluding hydrogens is 304 g/mol. The Labute approximate surface area is 132 Å². The largest absolute Gasteiger partial charge is 0.374 e. The van der Waals surface area contributed by atoms with Crippen molar-refractivity contribution in [1.82, 2.24) is 9.62 Å². The van der Waals surface area contributed by atoms with Crippen molar-refractivity contribution in [3.05, 3.63) is 0 Å². The quantitative estimate of drug-likeness (QED) is 0.784.